The van der Waals surface area contributed by atoms with E-state index in [0.29, 0.717) is 33.4 Å². The zero-order valence-corrected chi connectivity index (χ0v) is 26.2. The van der Waals surface area contributed by atoms with Crippen molar-refractivity contribution in [3.63, 3.8) is 0 Å². The molecule has 2 amide bonds. The van der Waals surface area contributed by atoms with Gasteiger partial charge in [-0.3, -0.25) is 9.59 Å². The van der Waals surface area contributed by atoms with Gasteiger partial charge in [-0.15, -0.1) is 0 Å². The first kappa shape index (κ1) is 32.4. The maximum absolute atomic E-state index is 14.3. The molecule has 3 rings (SSSR count). The van der Waals surface area contributed by atoms with Crippen LogP contribution in [0.3, 0.4) is 0 Å². The van der Waals surface area contributed by atoms with Crippen molar-refractivity contribution in [2.24, 2.45) is 0 Å². The highest BCUT2D eigenvalue weighted by molar-refractivity contribution is 7.90. The summed E-state index contributed by atoms with van der Waals surface area (Å²) in [5.74, 6) is -0.918. The summed E-state index contributed by atoms with van der Waals surface area (Å²) in [6.07, 6.45) is 0.216. The predicted molar refractivity (Wildman–Crippen MR) is 165 cm³/mol. The van der Waals surface area contributed by atoms with Crippen molar-refractivity contribution in [2.75, 3.05) is 31.5 Å². The Labute approximate surface area is 253 Å². The number of nitrogens with one attached hydrogen (secondary N) is 1. The van der Waals surface area contributed by atoms with Gasteiger partial charge in [0.2, 0.25) is 11.8 Å². The van der Waals surface area contributed by atoms with Gasteiger partial charge in [0, 0.05) is 43.7 Å². The minimum absolute atomic E-state index is 0.0356. The van der Waals surface area contributed by atoms with E-state index in [9.17, 15) is 18.0 Å². The molecule has 0 heterocycles. The third kappa shape index (κ3) is 8.23. The molecule has 1 N–H and O–H groups in total. The van der Waals surface area contributed by atoms with E-state index in [2.05, 4.69) is 5.32 Å². The smallest absolute Gasteiger partial charge is 0.304 e. The van der Waals surface area contributed by atoms with Gasteiger partial charge >= 0.3 is 10.2 Å². The van der Waals surface area contributed by atoms with Crippen molar-refractivity contribution in [3.05, 3.63) is 99.0 Å². The Bertz CT molecular complexity index is 1480. The number of hydrogen-bond acceptors (Lipinski definition) is 4. The Morgan fingerprint density at radius 1 is 0.951 bits per heavy atom. The van der Waals surface area contributed by atoms with Gasteiger partial charge in [0.25, 0.3) is 0 Å². The van der Waals surface area contributed by atoms with Crippen molar-refractivity contribution in [1.82, 2.24) is 14.5 Å². The first-order valence-electron chi connectivity index (χ1n) is 13.2. The van der Waals surface area contributed by atoms with E-state index >= 15 is 0 Å². The molecule has 0 fully saturated rings. The molecule has 1 unspecified atom stereocenters. The van der Waals surface area contributed by atoms with Gasteiger partial charge in [-0.2, -0.15) is 12.7 Å². The number of rotatable bonds is 12. The van der Waals surface area contributed by atoms with E-state index in [1.54, 1.807) is 38.1 Å². The summed E-state index contributed by atoms with van der Waals surface area (Å²) < 4.78 is 29.3. The van der Waals surface area contributed by atoms with Gasteiger partial charge < -0.3 is 10.2 Å². The minimum atomic E-state index is -4.09. The number of benzene rings is 3. The van der Waals surface area contributed by atoms with Crippen molar-refractivity contribution in [2.45, 2.75) is 39.8 Å². The molecular formula is C30H36Cl2N4O4S. The van der Waals surface area contributed by atoms with E-state index in [-0.39, 0.29) is 18.9 Å². The minimum Gasteiger partial charge on any atom is -0.355 e. The molecule has 11 heteroatoms. The summed E-state index contributed by atoms with van der Waals surface area (Å²) in [6.45, 7) is 5.23. The Morgan fingerprint density at radius 2 is 1.63 bits per heavy atom. The number of halogens is 2. The second kappa shape index (κ2) is 14.2. The number of carbonyl (C=O) groups is 2. The molecule has 41 heavy (non-hydrogen) atoms. The molecule has 0 aliphatic heterocycles. The van der Waals surface area contributed by atoms with E-state index in [1.807, 2.05) is 49.4 Å². The van der Waals surface area contributed by atoms with Crippen LogP contribution in [0, 0.1) is 13.8 Å². The maximum Gasteiger partial charge on any atom is 0.304 e. The molecule has 3 aromatic rings. The van der Waals surface area contributed by atoms with E-state index < -0.39 is 28.7 Å². The SMILES string of the molecule is CCNC(=O)C(Cc1ccccc1)N(Cc1ccc(Cl)cc1Cl)C(=O)CN(c1cc(C)ccc1C)S(=O)(=O)N(C)C. The average molecular weight is 620 g/mol. The van der Waals surface area contributed by atoms with Gasteiger partial charge in [0.15, 0.2) is 0 Å². The Balaban J connectivity index is 2.14. The zero-order chi connectivity index (χ0) is 30.3. The third-order valence-corrected chi connectivity index (χ3v) is 9.02. The second-order valence-corrected chi connectivity index (χ2v) is 12.9. The lowest BCUT2D eigenvalue weighted by Gasteiger charge is -2.35. The fourth-order valence-corrected chi connectivity index (χ4v) is 5.95. The molecule has 0 saturated carbocycles. The van der Waals surface area contributed by atoms with Gasteiger partial charge in [-0.1, -0.05) is 71.7 Å². The van der Waals surface area contributed by atoms with Crippen LogP contribution in [0.1, 0.15) is 29.2 Å². The second-order valence-electron chi connectivity index (χ2n) is 9.94. The van der Waals surface area contributed by atoms with E-state index in [0.717, 1.165) is 19.7 Å². The first-order chi connectivity index (χ1) is 19.3. The lowest BCUT2D eigenvalue weighted by atomic mass is 10.0. The van der Waals surface area contributed by atoms with Crippen molar-refractivity contribution < 1.29 is 18.0 Å². The van der Waals surface area contributed by atoms with Gasteiger partial charge in [0.1, 0.15) is 12.6 Å². The molecule has 0 aromatic heterocycles. The van der Waals surface area contributed by atoms with Crippen LogP contribution >= 0.6 is 23.2 Å². The largest absolute Gasteiger partial charge is 0.355 e. The fourth-order valence-electron chi connectivity index (χ4n) is 4.37. The van der Waals surface area contributed by atoms with Crippen molar-refractivity contribution in [3.8, 4) is 0 Å². The highest BCUT2D eigenvalue weighted by Crippen LogP contribution is 2.28. The van der Waals surface area contributed by atoms with Crippen LogP contribution in [0.2, 0.25) is 10.0 Å². The van der Waals surface area contributed by atoms with Crippen LogP contribution in [-0.4, -0.2) is 62.7 Å². The Morgan fingerprint density at radius 3 is 2.24 bits per heavy atom. The molecule has 0 bridgehead atoms. The Hall–Kier alpha value is -3.11. The van der Waals surface area contributed by atoms with Crippen LogP contribution in [0.5, 0.6) is 0 Å². The van der Waals surface area contributed by atoms with Crippen LogP contribution in [-0.2, 0) is 32.8 Å². The number of aryl methyl sites for hydroxylation is 2. The molecule has 0 aliphatic carbocycles. The predicted octanol–water partition coefficient (Wildman–Crippen LogP) is 5.00. The molecule has 3 aromatic carbocycles. The van der Waals surface area contributed by atoms with Crippen LogP contribution in [0.15, 0.2) is 66.7 Å². The summed E-state index contributed by atoms with van der Waals surface area (Å²) in [5.41, 5.74) is 3.32. The van der Waals surface area contributed by atoms with Gasteiger partial charge in [-0.25, -0.2) is 4.31 Å². The lowest BCUT2D eigenvalue weighted by molar-refractivity contribution is -0.140. The molecular weight excluding hydrogens is 583 g/mol. The number of carbonyl (C=O) groups excluding carboxylic acids is 2. The highest BCUT2D eigenvalue weighted by Gasteiger charge is 2.35. The number of hydrogen-bond donors (Lipinski definition) is 1. The number of amides is 2. The summed E-state index contributed by atoms with van der Waals surface area (Å²) in [6, 6.07) is 18.7. The monoisotopic (exact) mass is 618 g/mol. The van der Waals surface area contributed by atoms with E-state index in [1.165, 1.54) is 19.0 Å². The number of anilines is 1. The molecule has 0 spiro atoms. The first-order valence-corrected chi connectivity index (χ1v) is 15.3. The summed E-state index contributed by atoms with van der Waals surface area (Å²) in [7, 11) is -1.26. The van der Waals surface area contributed by atoms with E-state index in [4.69, 9.17) is 23.2 Å². The van der Waals surface area contributed by atoms with Crippen LogP contribution < -0.4 is 9.62 Å². The molecule has 8 nitrogen and oxygen atoms in total. The summed E-state index contributed by atoms with van der Waals surface area (Å²) in [4.78, 5) is 29.2. The van der Waals surface area contributed by atoms with Gasteiger partial charge in [0.05, 0.1) is 5.69 Å². The molecule has 0 radical (unpaired) electrons. The zero-order valence-electron chi connectivity index (χ0n) is 23.9. The standard InChI is InChI=1S/C30H36Cl2N4O4S/c1-6-33-30(38)28(17-23-10-8-7-9-11-23)35(19-24-14-15-25(31)18-26(24)32)29(37)20-36(41(39,40)34(4)5)27-16-21(2)12-13-22(27)3/h7-16,18,28H,6,17,19-20H2,1-5H3,(H,33,38). The summed E-state index contributed by atoms with van der Waals surface area (Å²) >= 11 is 12.6. The van der Waals surface area contributed by atoms with Crippen molar-refractivity contribution >= 4 is 50.9 Å². The quantitative estimate of drug-likeness (QED) is 0.309. The lowest BCUT2D eigenvalue weighted by Crippen LogP contribution is -2.54. The van der Waals surface area contributed by atoms with Crippen LogP contribution in [0.25, 0.3) is 0 Å². The normalized spacial score (nSPS) is 12.2. The van der Waals surface area contributed by atoms with Crippen molar-refractivity contribution in [1.29, 1.82) is 0 Å². The third-order valence-electron chi connectivity index (χ3n) is 6.63. The maximum atomic E-state index is 14.3. The van der Waals surface area contributed by atoms with Gasteiger partial charge in [-0.05, 0) is 61.2 Å². The molecule has 0 aliphatic rings. The summed E-state index contributed by atoms with van der Waals surface area (Å²) in [5, 5.41) is 3.59. The Kier molecular flexibility index (Phi) is 11.2. The highest BCUT2D eigenvalue weighted by atomic mass is 35.5. The molecule has 220 valence electrons. The molecule has 1 atom stereocenters. The number of likely N-dealkylation sites (N-methyl/N-ethyl adjacent to an activating group) is 1. The average Bonchev–Trinajstić information content (AvgIpc) is 2.92. The van der Waals surface area contributed by atoms with Crippen LogP contribution in [0.4, 0.5) is 5.69 Å². The molecule has 0 saturated heterocycles. The fraction of sp³-hybridized carbons (Fsp3) is 0.333. The topological polar surface area (TPSA) is 90.0 Å². The number of nitrogens with zero attached hydrogens (tertiary/aromatic N) is 3.